The first-order valence-corrected chi connectivity index (χ1v) is 8.83. The maximum absolute atomic E-state index is 13.2. The van der Waals surface area contributed by atoms with Crippen molar-refractivity contribution in [2.45, 2.75) is 6.54 Å². The molecule has 0 unspecified atom stereocenters. The molecule has 0 fully saturated rings. The van der Waals surface area contributed by atoms with Crippen LogP contribution >= 0.6 is 0 Å². The third kappa shape index (κ3) is 4.49. The van der Waals surface area contributed by atoms with Crippen LogP contribution in [0, 0.1) is 0 Å². The molecule has 136 valence electrons. The largest absolute Gasteiger partial charge is 0.395 e. The molecule has 1 amide bonds. The molecule has 0 saturated heterocycles. The number of aliphatic hydroxyl groups excluding tert-OH is 1. The summed E-state index contributed by atoms with van der Waals surface area (Å²) in [6, 6.07) is 25.3. The summed E-state index contributed by atoms with van der Waals surface area (Å²) in [5, 5.41) is 9.41. The summed E-state index contributed by atoms with van der Waals surface area (Å²) in [6.45, 7) is 0.420. The van der Waals surface area contributed by atoms with Crippen molar-refractivity contribution in [2.75, 3.05) is 13.2 Å². The number of ketones is 1. The van der Waals surface area contributed by atoms with Crippen LogP contribution in [0.25, 0.3) is 0 Å². The van der Waals surface area contributed by atoms with Crippen LogP contribution in [0.1, 0.15) is 31.8 Å². The minimum atomic E-state index is -0.271. The molecule has 0 aromatic heterocycles. The number of carbonyl (C=O) groups is 2. The lowest BCUT2D eigenvalue weighted by molar-refractivity contribution is 0.0704. The lowest BCUT2D eigenvalue weighted by Gasteiger charge is -2.23. The van der Waals surface area contributed by atoms with Gasteiger partial charge in [0.25, 0.3) is 5.91 Å². The molecule has 0 spiro atoms. The summed E-state index contributed by atoms with van der Waals surface area (Å²) in [5.74, 6) is -0.462. The second-order valence-electron chi connectivity index (χ2n) is 6.18. The van der Waals surface area contributed by atoms with E-state index in [1.807, 2.05) is 36.4 Å². The van der Waals surface area contributed by atoms with E-state index in [1.165, 1.54) is 0 Å². The molecule has 3 rings (SSSR count). The van der Waals surface area contributed by atoms with Crippen LogP contribution in [0.5, 0.6) is 0 Å². The first-order valence-electron chi connectivity index (χ1n) is 8.83. The van der Waals surface area contributed by atoms with Gasteiger partial charge in [-0.05, 0) is 11.6 Å². The molecule has 1 N–H and O–H groups in total. The van der Waals surface area contributed by atoms with Crippen molar-refractivity contribution in [3.63, 3.8) is 0 Å². The second kappa shape index (κ2) is 8.92. The van der Waals surface area contributed by atoms with Gasteiger partial charge in [-0.2, -0.15) is 0 Å². The average Bonchev–Trinajstić information content (AvgIpc) is 2.74. The SMILES string of the molecule is O=C(c1ccccc1)c1ccccc1C(=O)N(CCO)Cc1ccccc1. The zero-order valence-electron chi connectivity index (χ0n) is 14.9. The minimum absolute atomic E-state index is 0.145. The predicted octanol–water partition coefficient (Wildman–Crippen LogP) is 3.55. The van der Waals surface area contributed by atoms with Crippen molar-refractivity contribution in [1.82, 2.24) is 4.90 Å². The summed E-state index contributed by atoms with van der Waals surface area (Å²) in [6.07, 6.45) is 0. The Labute approximate surface area is 158 Å². The molecule has 0 aliphatic heterocycles. The van der Waals surface area contributed by atoms with Crippen molar-refractivity contribution < 1.29 is 14.7 Å². The molecule has 0 aliphatic rings. The van der Waals surface area contributed by atoms with Crippen LogP contribution in [0.15, 0.2) is 84.9 Å². The third-order valence-electron chi connectivity index (χ3n) is 4.31. The van der Waals surface area contributed by atoms with Gasteiger partial charge < -0.3 is 10.0 Å². The Hall–Kier alpha value is -3.24. The van der Waals surface area contributed by atoms with Crippen molar-refractivity contribution in [2.24, 2.45) is 0 Å². The van der Waals surface area contributed by atoms with E-state index < -0.39 is 0 Å². The van der Waals surface area contributed by atoms with Crippen LogP contribution < -0.4 is 0 Å². The molecule has 3 aromatic rings. The number of rotatable bonds is 7. The van der Waals surface area contributed by atoms with Crippen molar-refractivity contribution in [3.05, 3.63) is 107 Å². The Morgan fingerprint density at radius 3 is 1.93 bits per heavy atom. The predicted molar refractivity (Wildman–Crippen MR) is 105 cm³/mol. The van der Waals surface area contributed by atoms with E-state index in [0.717, 1.165) is 5.56 Å². The highest BCUT2D eigenvalue weighted by molar-refractivity contribution is 6.15. The highest BCUT2D eigenvalue weighted by Crippen LogP contribution is 2.18. The van der Waals surface area contributed by atoms with Crippen LogP contribution in [0.3, 0.4) is 0 Å². The normalized spacial score (nSPS) is 10.4. The zero-order chi connectivity index (χ0) is 19.1. The van der Waals surface area contributed by atoms with Gasteiger partial charge in [0, 0.05) is 24.2 Å². The summed E-state index contributed by atoms with van der Waals surface area (Å²) >= 11 is 0. The molecule has 0 radical (unpaired) electrons. The molecular formula is C23H21NO3. The van der Waals surface area contributed by atoms with Gasteiger partial charge in [0.2, 0.25) is 0 Å². The molecule has 4 nitrogen and oxygen atoms in total. The van der Waals surface area contributed by atoms with E-state index >= 15 is 0 Å². The molecular weight excluding hydrogens is 338 g/mol. The Kier molecular flexibility index (Phi) is 6.13. The lowest BCUT2D eigenvalue weighted by Crippen LogP contribution is -2.34. The Morgan fingerprint density at radius 1 is 0.741 bits per heavy atom. The lowest BCUT2D eigenvalue weighted by atomic mass is 9.97. The number of hydrogen-bond donors (Lipinski definition) is 1. The van der Waals surface area contributed by atoms with Crippen LogP contribution in [-0.4, -0.2) is 34.8 Å². The summed E-state index contributed by atoms with van der Waals surface area (Å²) in [4.78, 5) is 27.6. The van der Waals surface area contributed by atoms with Gasteiger partial charge >= 0.3 is 0 Å². The summed E-state index contributed by atoms with van der Waals surface area (Å²) < 4.78 is 0. The minimum Gasteiger partial charge on any atom is -0.395 e. The molecule has 0 atom stereocenters. The van der Waals surface area contributed by atoms with Gasteiger partial charge in [-0.25, -0.2) is 0 Å². The van der Waals surface area contributed by atoms with E-state index in [2.05, 4.69) is 0 Å². The average molecular weight is 359 g/mol. The Bertz CT molecular complexity index is 907. The fourth-order valence-corrected chi connectivity index (χ4v) is 2.96. The molecule has 27 heavy (non-hydrogen) atoms. The second-order valence-corrected chi connectivity index (χ2v) is 6.18. The van der Waals surface area contributed by atoms with E-state index in [9.17, 15) is 14.7 Å². The van der Waals surface area contributed by atoms with Gasteiger partial charge in [0.15, 0.2) is 5.78 Å². The molecule has 3 aromatic carbocycles. The van der Waals surface area contributed by atoms with Crippen LogP contribution in [0.4, 0.5) is 0 Å². The highest BCUT2D eigenvalue weighted by atomic mass is 16.3. The monoisotopic (exact) mass is 359 g/mol. The number of hydrogen-bond acceptors (Lipinski definition) is 3. The van der Waals surface area contributed by atoms with Gasteiger partial charge in [0.1, 0.15) is 0 Å². The fourth-order valence-electron chi connectivity index (χ4n) is 2.96. The van der Waals surface area contributed by atoms with Gasteiger partial charge in [0.05, 0.1) is 12.2 Å². The standard InChI is InChI=1S/C23H21NO3/c25-16-15-24(17-18-9-3-1-4-10-18)23(27)21-14-8-7-13-20(21)22(26)19-11-5-2-6-12-19/h1-14,25H,15-17H2. The van der Waals surface area contributed by atoms with Crippen LogP contribution in [0.2, 0.25) is 0 Å². The first kappa shape index (κ1) is 18.5. The molecule has 0 heterocycles. The van der Waals surface area contributed by atoms with Crippen molar-refractivity contribution >= 4 is 11.7 Å². The third-order valence-corrected chi connectivity index (χ3v) is 4.31. The van der Waals surface area contributed by atoms with E-state index in [0.29, 0.717) is 23.2 Å². The molecule has 0 aliphatic carbocycles. The topological polar surface area (TPSA) is 57.6 Å². The maximum atomic E-state index is 13.2. The molecule has 0 saturated carbocycles. The Balaban J connectivity index is 1.92. The van der Waals surface area contributed by atoms with Crippen molar-refractivity contribution in [1.29, 1.82) is 0 Å². The smallest absolute Gasteiger partial charge is 0.254 e. The maximum Gasteiger partial charge on any atom is 0.254 e. The van der Waals surface area contributed by atoms with Gasteiger partial charge in [-0.1, -0.05) is 78.9 Å². The summed E-state index contributed by atoms with van der Waals surface area (Å²) in [5.41, 5.74) is 2.21. The van der Waals surface area contributed by atoms with E-state index in [1.54, 1.807) is 53.4 Å². The number of aliphatic hydroxyl groups is 1. The van der Waals surface area contributed by atoms with E-state index in [4.69, 9.17) is 0 Å². The van der Waals surface area contributed by atoms with E-state index in [-0.39, 0.29) is 24.8 Å². The van der Waals surface area contributed by atoms with Crippen LogP contribution in [-0.2, 0) is 6.54 Å². The molecule has 4 heteroatoms. The fraction of sp³-hybridized carbons (Fsp3) is 0.130. The molecule has 0 bridgehead atoms. The Morgan fingerprint density at radius 2 is 1.30 bits per heavy atom. The van der Waals surface area contributed by atoms with Crippen molar-refractivity contribution in [3.8, 4) is 0 Å². The number of benzene rings is 3. The number of nitrogens with zero attached hydrogens (tertiary/aromatic N) is 1. The van der Waals surface area contributed by atoms with Gasteiger partial charge in [-0.15, -0.1) is 0 Å². The zero-order valence-corrected chi connectivity index (χ0v) is 14.9. The number of carbonyl (C=O) groups excluding carboxylic acids is 2. The number of amides is 1. The quantitative estimate of drug-likeness (QED) is 0.656. The first-order chi connectivity index (χ1) is 13.2. The highest BCUT2D eigenvalue weighted by Gasteiger charge is 2.22. The summed E-state index contributed by atoms with van der Waals surface area (Å²) in [7, 11) is 0. The van der Waals surface area contributed by atoms with Gasteiger partial charge in [-0.3, -0.25) is 9.59 Å².